The van der Waals surface area contributed by atoms with Crippen molar-refractivity contribution in [2.45, 2.75) is 13.3 Å². The van der Waals surface area contributed by atoms with Crippen LogP contribution < -0.4 is 10.6 Å². The van der Waals surface area contributed by atoms with E-state index in [1.165, 1.54) is 5.56 Å². The minimum absolute atomic E-state index is 0.638. The van der Waals surface area contributed by atoms with Crippen LogP contribution in [0.5, 0.6) is 0 Å². The van der Waals surface area contributed by atoms with E-state index in [0.717, 1.165) is 30.0 Å². The predicted molar refractivity (Wildman–Crippen MR) is 83.5 cm³/mol. The summed E-state index contributed by atoms with van der Waals surface area (Å²) in [6.07, 6.45) is 4.07. The fourth-order valence-corrected chi connectivity index (χ4v) is 2.36. The Kier molecular flexibility index (Phi) is 3.79. The lowest BCUT2D eigenvalue weighted by Crippen LogP contribution is -2.22. The SMILES string of the molecule is Cc1cccc(N(CCCN)c2ncnc3nc[nH]c23)c1. The molecule has 0 radical (unpaired) electrons. The van der Waals surface area contributed by atoms with Crippen LogP contribution in [-0.4, -0.2) is 33.0 Å². The predicted octanol–water partition coefficient (Wildman–Crippen LogP) is 2.15. The number of imidazole rings is 1. The molecule has 0 unspecified atom stereocenters. The Balaban J connectivity index is 2.08. The first-order valence-electron chi connectivity index (χ1n) is 6.98. The van der Waals surface area contributed by atoms with E-state index in [4.69, 9.17) is 5.73 Å². The number of fused-ring (bicyclic) bond motifs is 1. The summed E-state index contributed by atoms with van der Waals surface area (Å²) < 4.78 is 0. The molecular weight excluding hydrogens is 264 g/mol. The second kappa shape index (κ2) is 5.88. The lowest BCUT2D eigenvalue weighted by Gasteiger charge is -2.24. The van der Waals surface area contributed by atoms with Crippen molar-refractivity contribution in [3.8, 4) is 0 Å². The van der Waals surface area contributed by atoms with Gasteiger partial charge in [0.15, 0.2) is 11.5 Å². The van der Waals surface area contributed by atoms with Crippen LogP contribution in [0.1, 0.15) is 12.0 Å². The number of hydrogen-bond donors (Lipinski definition) is 2. The molecule has 0 aliphatic heterocycles. The third kappa shape index (κ3) is 2.71. The molecule has 3 rings (SSSR count). The van der Waals surface area contributed by atoms with Crippen molar-refractivity contribution in [1.82, 2.24) is 19.9 Å². The number of benzene rings is 1. The molecule has 3 aromatic rings. The molecule has 2 heterocycles. The molecule has 21 heavy (non-hydrogen) atoms. The van der Waals surface area contributed by atoms with Crippen LogP contribution in [0, 0.1) is 6.92 Å². The molecule has 1 aromatic carbocycles. The van der Waals surface area contributed by atoms with Crippen LogP contribution in [0.3, 0.4) is 0 Å². The molecule has 0 aliphatic rings. The Bertz CT molecular complexity index is 736. The third-order valence-electron chi connectivity index (χ3n) is 3.36. The van der Waals surface area contributed by atoms with Gasteiger partial charge in [0.05, 0.1) is 6.33 Å². The van der Waals surface area contributed by atoms with Gasteiger partial charge in [0.1, 0.15) is 11.8 Å². The number of H-pyrrole nitrogens is 1. The summed E-state index contributed by atoms with van der Waals surface area (Å²) in [5.74, 6) is 0.830. The average molecular weight is 282 g/mol. The molecule has 2 aromatic heterocycles. The monoisotopic (exact) mass is 282 g/mol. The second-order valence-electron chi connectivity index (χ2n) is 4.93. The highest BCUT2D eigenvalue weighted by molar-refractivity contribution is 5.85. The van der Waals surface area contributed by atoms with Gasteiger partial charge in [-0.3, -0.25) is 0 Å². The molecule has 6 heteroatoms. The van der Waals surface area contributed by atoms with E-state index in [9.17, 15) is 0 Å². The zero-order valence-corrected chi connectivity index (χ0v) is 12.0. The first-order valence-corrected chi connectivity index (χ1v) is 6.98. The average Bonchev–Trinajstić information content (AvgIpc) is 2.97. The summed E-state index contributed by atoms with van der Waals surface area (Å²) in [7, 11) is 0. The number of aryl methyl sites for hydroxylation is 1. The summed E-state index contributed by atoms with van der Waals surface area (Å²) in [5, 5.41) is 0. The van der Waals surface area contributed by atoms with E-state index in [1.807, 2.05) is 6.07 Å². The molecular formula is C15H18N6. The van der Waals surface area contributed by atoms with Crippen molar-refractivity contribution >= 4 is 22.7 Å². The normalized spacial score (nSPS) is 11.0. The molecule has 0 aliphatic carbocycles. The van der Waals surface area contributed by atoms with E-state index < -0.39 is 0 Å². The van der Waals surface area contributed by atoms with E-state index >= 15 is 0 Å². The van der Waals surface area contributed by atoms with E-state index in [0.29, 0.717) is 12.2 Å². The number of nitrogens with zero attached hydrogens (tertiary/aromatic N) is 4. The van der Waals surface area contributed by atoms with Crippen LogP contribution in [0.15, 0.2) is 36.9 Å². The number of nitrogens with two attached hydrogens (primary N) is 1. The first-order chi connectivity index (χ1) is 10.3. The quantitative estimate of drug-likeness (QED) is 0.749. The van der Waals surface area contributed by atoms with E-state index in [2.05, 4.69) is 50.0 Å². The fourth-order valence-electron chi connectivity index (χ4n) is 2.36. The number of hydrogen-bond acceptors (Lipinski definition) is 5. The number of aromatic nitrogens is 4. The molecule has 108 valence electrons. The van der Waals surface area contributed by atoms with E-state index in [-0.39, 0.29) is 0 Å². The summed E-state index contributed by atoms with van der Waals surface area (Å²) >= 11 is 0. The highest BCUT2D eigenvalue weighted by Gasteiger charge is 2.15. The maximum absolute atomic E-state index is 5.68. The van der Waals surface area contributed by atoms with Crippen LogP contribution in [-0.2, 0) is 0 Å². The van der Waals surface area contributed by atoms with Crippen molar-refractivity contribution < 1.29 is 0 Å². The fraction of sp³-hybridized carbons (Fsp3) is 0.267. The van der Waals surface area contributed by atoms with Crippen LogP contribution in [0.2, 0.25) is 0 Å². The van der Waals surface area contributed by atoms with Gasteiger partial charge in [-0.05, 0) is 37.6 Å². The highest BCUT2D eigenvalue weighted by Crippen LogP contribution is 2.28. The Labute approximate surface area is 123 Å². The van der Waals surface area contributed by atoms with Crippen molar-refractivity contribution in [1.29, 1.82) is 0 Å². The molecule has 0 amide bonds. The highest BCUT2D eigenvalue weighted by atomic mass is 15.2. The van der Waals surface area contributed by atoms with Crippen molar-refractivity contribution in [3.05, 3.63) is 42.5 Å². The third-order valence-corrected chi connectivity index (χ3v) is 3.36. The molecule has 0 saturated carbocycles. The Morgan fingerprint density at radius 3 is 2.95 bits per heavy atom. The lowest BCUT2D eigenvalue weighted by molar-refractivity contribution is 0.810. The van der Waals surface area contributed by atoms with Gasteiger partial charge in [-0.15, -0.1) is 0 Å². The van der Waals surface area contributed by atoms with Gasteiger partial charge in [-0.2, -0.15) is 0 Å². The second-order valence-corrected chi connectivity index (χ2v) is 4.93. The molecule has 0 bridgehead atoms. The maximum atomic E-state index is 5.68. The number of nitrogens with one attached hydrogen (secondary N) is 1. The molecule has 0 saturated heterocycles. The maximum Gasteiger partial charge on any atom is 0.182 e. The van der Waals surface area contributed by atoms with Gasteiger partial charge in [0.2, 0.25) is 0 Å². The van der Waals surface area contributed by atoms with Gasteiger partial charge in [-0.1, -0.05) is 12.1 Å². The number of aromatic amines is 1. The lowest BCUT2D eigenvalue weighted by atomic mass is 10.2. The Morgan fingerprint density at radius 2 is 2.14 bits per heavy atom. The van der Waals surface area contributed by atoms with Crippen LogP contribution >= 0.6 is 0 Å². The summed E-state index contributed by atoms with van der Waals surface area (Å²) in [6, 6.07) is 8.34. The molecule has 0 atom stereocenters. The van der Waals surface area contributed by atoms with Crippen LogP contribution in [0.4, 0.5) is 11.5 Å². The summed E-state index contributed by atoms with van der Waals surface area (Å²) in [4.78, 5) is 18.1. The van der Waals surface area contributed by atoms with Crippen molar-refractivity contribution in [2.75, 3.05) is 18.0 Å². The first kappa shape index (κ1) is 13.5. The van der Waals surface area contributed by atoms with Gasteiger partial charge in [0, 0.05) is 12.2 Å². The van der Waals surface area contributed by atoms with Crippen molar-refractivity contribution in [2.24, 2.45) is 5.73 Å². The van der Waals surface area contributed by atoms with Gasteiger partial charge in [0.25, 0.3) is 0 Å². The van der Waals surface area contributed by atoms with Gasteiger partial charge < -0.3 is 15.6 Å². The zero-order valence-electron chi connectivity index (χ0n) is 12.0. The molecule has 0 fully saturated rings. The van der Waals surface area contributed by atoms with Crippen molar-refractivity contribution in [3.63, 3.8) is 0 Å². The van der Waals surface area contributed by atoms with Gasteiger partial charge >= 0.3 is 0 Å². The smallest absolute Gasteiger partial charge is 0.182 e. The minimum Gasteiger partial charge on any atom is -0.340 e. The minimum atomic E-state index is 0.638. The van der Waals surface area contributed by atoms with E-state index in [1.54, 1.807) is 12.7 Å². The summed E-state index contributed by atoms with van der Waals surface area (Å²) in [5.41, 5.74) is 9.50. The Hall–Kier alpha value is -2.47. The number of anilines is 2. The zero-order chi connectivity index (χ0) is 14.7. The van der Waals surface area contributed by atoms with Gasteiger partial charge in [-0.25, -0.2) is 15.0 Å². The molecule has 6 nitrogen and oxygen atoms in total. The standard InChI is InChI=1S/C15H18N6/c1-11-4-2-5-12(8-11)21(7-3-6-16)15-13-14(18-9-17-13)19-10-20-15/h2,4-5,8-10H,3,6-7,16H2,1H3,(H,17,18,19,20). The molecule has 3 N–H and O–H groups in total. The largest absolute Gasteiger partial charge is 0.340 e. The number of rotatable bonds is 5. The Morgan fingerprint density at radius 1 is 1.24 bits per heavy atom. The topological polar surface area (TPSA) is 83.7 Å². The summed E-state index contributed by atoms with van der Waals surface area (Å²) in [6.45, 7) is 3.51. The molecule has 0 spiro atoms. The van der Waals surface area contributed by atoms with Crippen LogP contribution in [0.25, 0.3) is 11.2 Å².